The highest BCUT2D eigenvalue weighted by Gasteiger charge is 2.23. The lowest BCUT2D eigenvalue weighted by Crippen LogP contribution is -2.30. The van der Waals surface area contributed by atoms with E-state index in [1.165, 1.54) is 50.1 Å². The van der Waals surface area contributed by atoms with Gasteiger partial charge in [0.05, 0.1) is 11.4 Å². The van der Waals surface area contributed by atoms with Crippen LogP contribution >= 0.6 is 0 Å². The van der Waals surface area contributed by atoms with Gasteiger partial charge < -0.3 is 16.0 Å². The van der Waals surface area contributed by atoms with E-state index in [1.807, 2.05) is 0 Å². The minimum Gasteiger partial charge on any atom is -0.381 e. The second-order valence-corrected chi connectivity index (χ2v) is 5.98. The van der Waals surface area contributed by atoms with E-state index in [0.717, 1.165) is 12.8 Å². The normalized spacial score (nSPS) is 27.5. The molecule has 2 fully saturated rings. The van der Waals surface area contributed by atoms with Gasteiger partial charge in [0.25, 0.3) is 0 Å². The molecule has 1 aliphatic carbocycles. The monoisotopic (exact) mass is 259 g/mol. The van der Waals surface area contributed by atoms with E-state index in [1.54, 1.807) is 0 Å². The maximum Gasteiger partial charge on any atom is 0.0602 e. The van der Waals surface area contributed by atoms with Crippen molar-refractivity contribution in [1.82, 2.24) is 0 Å². The molecule has 1 heterocycles. The Labute approximate surface area is 116 Å². The predicted octanol–water partition coefficient (Wildman–Crippen LogP) is 2.97. The molecular weight excluding hydrogens is 234 g/mol. The molecule has 0 amide bonds. The molecule has 0 spiro atoms. The second kappa shape index (κ2) is 5.83. The van der Waals surface area contributed by atoms with Crippen LogP contribution in [0.2, 0.25) is 0 Å². The summed E-state index contributed by atoms with van der Waals surface area (Å²) < 4.78 is 0. The van der Waals surface area contributed by atoms with Crippen molar-refractivity contribution in [2.45, 2.75) is 50.6 Å². The van der Waals surface area contributed by atoms with E-state index in [0.29, 0.717) is 12.1 Å². The average molecular weight is 259 g/mol. The summed E-state index contributed by atoms with van der Waals surface area (Å²) in [6.07, 6.45) is 7.49. The zero-order chi connectivity index (χ0) is 13.1. The number of hydrogen-bond acceptors (Lipinski definition) is 3. The molecule has 3 heteroatoms. The van der Waals surface area contributed by atoms with E-state index in [-0.39, 0.29) is 0 Å². The third kappa shape index (κ3) is 3.03. The Morgan fingerprint density at radius 2 is 1.84 bits per heavy atom. The van der Waals surface area contributed by atoms with Crippen LogP contribution in [-0.2, 0) is 0 Å². The molecule has 1 aliphatic heterocycles. The number of benzene rings is 1. The standard InChI is InChI=1S/C16H25N3/c17-13-8-9-14(12-13)18-15-6-2-3-7-16(15)19-10-4-1-5-11-19/h2-3,6-7,13-14,18H,1,4-5,8-12,17H2. The van der Waals surface area contributed by atoms with Crippen molar-refractivity contribution in [3.63, 3.8) is 0 Å². The Morgan fingerprint density at radius 3 is 2.58 bits per heavy atom. The molecule has 0 aromatic heterocycles. The van der Waals surface area contributed by atoms with Crippen LogP contribution < -0.4 is 16.0 Å². The van der Waals surface area contributed by atoms with E-state index in [2.05, 4.69) is 34.5 Å². The van der Waals surface area contributed by atoms with Crippen LogP contribution in [0.5, 0.6) is 0 Å². The number of piperidine rings is 1. The molecule has 1 aromatic rings. The summed E-state index contributed by atoms with van der Waals surface area (Å²) in [7, 11) is 0. The first-order valence-corrected chi connectivity index (χ1v) is 7.69. The molecule has 0 bridgehead atoms. The highest BCUT2D eigenvalue weighted by Crippen LogP contribution is 2.31. The maximum atomic E-state index is 6.01. The van der Waals surface area contributed by atoms with E-state index in [9.17, 15) is 0 Å². The van der Waals surface area contributed by atoms with Crippen LogP contribution in [0.1, 0.15) is 38.5 Å². The van der Waals surface area contributed by atoms with Gasteiger partial charge in [-0.15, -0.1) is 0 Å². The van der Waals surface area contributed by atoms with Gasteiger partial charge in [0, 0.05) is 25.2 Å². The van der Waals surface area contributed by atoms with Gasteiger partial charge in [0.1, 0.15) is 0 Å². The second-order valence-electron chi connectivity index (χ2n) is 5.98. The van der Waals surface area contributed by atoms with Gasteiger partial charge in [0.2, 0.25) is 0 Å². The number of hydrogen-bond donors (Lipinski definition) is 2. The quantitative estimate of drug-likeness (QED) is 0.877. The van der Waals surface area contributed by atoms with Crippen LogP contribution in [-0.4, -0.2) is 25.2 Å². The molecule has 1 saturated heterocycles. The molecule has 3 rings (SSSR count). The van der Waals surface area contributed by atoms with Crippen molar-refractivity contribution in [1.29, 1.82) is 0 Å². The Morgan fingerprint density at radius 1 is 1.05 bits per heavy atom. The first kappa shape index (κ1) is 12.8. The molecule has 3 N–H and O–H groups in total. The molecule has 2 aliphatic rings. The fraction of sp³-hybridized carbons (Fsp3) is 0.625. The van der Waals surface area contributed by atoms with Crippen molar-refractivity contribution < 1.29 is 0 Å². The van der Waals surface area contributed by atoms with Gasteiger partial charge in [-0.1, -0.05) is 12.1 Å². The maximum absolute atomic E-state index is 6.01. The number of anilines is 2. The number of para-hydroxylation sites is 2. The van der Waals surface area contributed by atoms with Crippen LogP contribution in [0.25, 0.3) is 0 Å². The lowest BCUT2D eigenvalue weighted by atomic mass is 10.1. The van der Waals surface area contributed by atoms with Crippen molar-refractivity contribution in [2.75, 3.05) is 23.3 Å². The smallest absolute Gasteiger partial charge is 0.0602 e. The van der Waals surface area contributed by atoms with Gasteiger partial charge in [-0.05, 0) is 50.7 Å². The van der Waals surface area contributed by atoms with Gasteiger partial charge in [-0.25, -0.2) is 0 Å². The number of nitrogens with zero attached hydrogens (tertiary/aromatic N) is 1. The Kier molecular flexibility index (Phi) is 3.92. The minimum atomic E-state index is 0.389. The molecule has 2 unspecified atom stereocenters. The topological polar surface area (TPSA) is 41.3 Å². The Balaban J connectivity index is 1.73. The van der Waals surface area contributed by atoms with Crippen LogP contribution in [0.4, 0.5) is 11.4 Å². The number of nitrogens with two attached hydrogens (primary N) is 1. The molecule has 3 nitrogen and oxygen atoms in total. The summed E-state index contributed by atoms with van der Waals surface area (Å²) in [6, 6.07) is 9.69. The summed E-state index contributed by atoms with van der Waals surface area (Å²) in [4.78, 5) is 2.53. The van der Waals surface area contributed by atoms with Crippen LogP contribution in [0.3, 0.4) is 0 Å². The minimum absolute atomic E-state index is 0.389. The molecular formula is C16H25N3. The first-order valence-electron chi connectivity index (χ1n) is 7.69. The van der Waals surface area contributed by atoms with E-state index in [4.69, 9.17) is 5.73 Å². The fourth-order valence-corrected chi connectivity index (χ4v) is 3.37. The fourth-order valence-electron chi connectivity index (χ4n) is 3.37. The molecule has 104 valence electrons. The highest BCUT2D eigenvalue weighted by atomic mass is 15.2. The van der Waals surface area contributed by atoms with Crippen LogP contribution in [0.15, 0.2) is 24.3 Å². The SMILES string of the molecule is NC1CCC(Nc2ccccc2N2CCCCC2)C1. The largest absolute Gasteiger partial charge is 0.381 e. The summed E-state index contributed by atoms with van der Waals surface area (Å²) in [5.74, 6) is 0. The Bertz CT molecular complexity index is 412. The Hall–Kier alpha value is -1.22. The van der Waals surface area contributed by atoms with E-state index >= 15 is 0 Å². The third-order valence-corrected chi connectivity index (χ3v) is 4.43. The molecule has 19 heavy (non-hydrogen) atoms. The molecule has 1 saturated carbocycles. The predicted molar refractivity (Wildman–Crippen MR) is 81.7 cm³/mol. The summed E-state index contributed by atoms with van der Waals surface area (Å²) in [6.45, 7) is 2.39. The van der Waals surface area contributed by atoms with Crippen LogP contribution in [0, 0.1) is 0 Å². The first-order chi connectivity index (χ1) is 9.33. The summed E-state index contributed by atoms with van der Waals surface area (Å²) >= 11 is 0. The zero-order valence-electron chi connectivity index (χ0n) is 11.6. The summed E-state index contributed by atoms with van der Waals surface area (Å²) in [5, 5.41) is 3.72. The van der Waals surface area contributed by atoms with E-state index < -0.39 is 0 Å². The van der Waals surface area contributed by atoms with Crippen molar-refractivity contribution >= 4 is 11.4 Å². The highest BCUT2D eigenvalue weighted by molar-refractivity contribution is 5.70. The summed E-state index contributed by atoms with van der Waals surface area (Å²) in [5.41, 5.74) is 8.68. The van der Waals surface area contributed by atoms with Gasteiger partial charge >= 0.3 is 0 Å². The molecule has 1 aromatic carbocycles. The lowest BCUT2D eigenvalue weighted by molar-refractivity contribution is 0.578. The third-order valence-electron chi connectivity index (χ3n) is 4.43. The molecule has 0 radical (unpaired) electrons. The average Bonchev–Trinajstić information content (AvgIpc) is 2.86. The van der Waals surface area contributed by atoms with Crippen molar-refractivity contribution in [3.05, 3.63) is 24.3 Å². The lowest BCUT2D eigenvalue weighted by Gasteiger charge is -2.31. The van der Waals surface area contributed by atoms with Crippen molar-refractivity contribution in [2.24, 2.45) is 5.73 Å². The number of nitrogens with one attached hydrogen (secondary N) is 1. The van der Waals surface area contributed by atoms with Gasteiger partial charge in [-0.2, -0.15) is 0 Å². The van der Waals surface area contributed by atoms with Gasteiger partial charge in [-0.3, -0.25) is 0 Å². The van der Waals surface area contributed by atoms with Gasteiger partial charge in [0.15, 0.2) is 0 Å². The number of rotatable bonds is 3. The van der Waals surface area contributed by atoms with Crippen molar-refractivity contribution in [3.8, 4) is 0 Å². The molecule has 2 atom stereocenters. The zero-order valence-corrected chi connectivity index (χ0v) is 11.6.